The molecule has 8 nitrogen and oxygen atoms in total. The molecule has 2 heterocycles. The maximum Gasteiger partial charge on any atom is 0.301 e. The van der Waals surface area contributed by atoms with Gasteiger partial charge in [0.2, 0.25) is 0 Å². The van der Waals surface area contributed by atoms with Gasteiger partial charge in [-0.25, -0.2) is 4.98 Å². The van der Waals surface area contributed by atoms with Gasteiger partial charge in [-0.3, -0.25) is 14.5 Å². The number of hydrogen-bond acceptors (Lipinski definition) is 8. The summed E-state index contributed by atoms with van der Waals surface area (Å²) in [5.41, 5.74) is 1.69. The summed E-state index contributed by atoms with van der Waals surface area (Å²) in [5.74, 6) is 0.141. The van der Waals surface area contributed by atoms with Crippen molar-refractivity contribution in [3.63, 3.8) is 0 Å². The van der Waals surface area contributed by atoms with Crippen LogP contribution in [0.1, 0.15) is 31.0 Å². The Morgan fingerprint density at radius 1 is 0.921 bits per heavy atom. The zero-order valence-corrected chi connectivity index (χ0v) is 22.0. The second kappa shape index (κ2) is 10.5. The number of carbonyl (C=O) groups is 2. The summed E-state index contributed by atoms with van der Waals surface area (Å²) in [5, 5.41) is 11.7. The van der Waals surface area contributed by atoms with E-state index in [4.69, 9.17) is 14.2 Å². The fraction of sp³-hybridized carbons (Fsp3) is 0.207. The van der Waals surface area contributed by atoms with Crippen molar-refractivity contribution in [2.45, 2.75) is 19.9 Å². The highest BCUT2D eigenvalue weighted by Gasteiger charge is 2.48. The molecule has 0 bridgehead atoms. The molecule has 1 N–H and O–H groups in total. The summed E-state index contributed by atoms with van der Waals surface area (Å²) in [4.78, 5) is 32.9. The summed E-state index contributed by atoms with van der Waals surface area (Å²) < 4.78 is 17.2. The fourth-order valence-corrected chi connectivity index (χ4v) is 5.43. The van der Waals surface area contributed by atoms with Crippen molar-refractivity contribution in [2.24, 2.45) is 0 Å². The Morgan fingerprint density at radius 3 is 2.13 bits per heavy atom. The van der Waals surface area contributed by atoms with Gasteiger partial charge in [-0.05, 0) is 74.0 Å². The molecular formula is C29H26N2O6S. The third-order valence-corrected chi connectivity index (χ3v) is 7.20. The highest BCUT2D eigenvalue weighted by Crippen LogP contribution is 2.45. The Labute approximate surface area is 223 Å². The second-order valence-electron chi connectivity index (χ2n) is 8.46. The van der Waals surface area contributed by atoms with Crippen LogP contribution in [0.2, 0.25) is 0 Å². The highest BCUT2D eigenvalue weighted by atomic mass is 32.1. The molecule has 1 amide bonds. The lowest BCUT2D eigenvalue weighted by Crippen LogP contribution is -2.29. The molecule has 0 unspecified atom stereocenters. The number of amides is 1. The largest absolute Gasteiger partial charge is 0.507 e. The summed E-state index contributed by atoms with van der Waals surface area (Å²) in [7, 11) is 1.58. The van der Waals surface area contributed by atoms with Crippen molar-refractivity contribution < 1.29 is 28.9 Å². The summed E-state index contributed by atoms with van der Waals surface area (Å²) in [6.45, 7) is 4.78. The van der Waals surface area contributed by atoms with Crippen LogP contribution < -0.4 is 19.1 Å². The van der Waals surface area contributed by atoms with Gasteiger partial charge in [0.25, 0.3) is 5.78 Å². The number of carbonyl (C=O) groups excluding carboxylic acids is 2. The van der Waals surface area contributed by atoms with Gasteiger partial charge < -0.3 is 19.3 Å². The lowest BCUT2D eigenvalue weighted by Gasteiger charge is -2.23. The molecule has 1 aliphatic rings. The number of ether oxygens (including phenoxy) is 3. The number of anilines is 1. The van der Waals surface area contributed by atoms with Crippen molar-refractivity contribution in [3.8, 4) is 17.2 Å². The molecule has 1 atom stereocenters. The normalized spacial score (nSPS) is 16.7. The Bertz CT molecular complexity index is 1530. The number of hydrogen-bond donors (Lipinski definition) is 1. The Balaban J connectivity index is 1.66. The number of aromatic nitrogens is 1. The van der Waals surface area contributed by atoms with E-state index in [1.165, 1.54) is 16.2 Å². The summed E-state index contributed by atoms with van der Waals surface area (Å²) >= 11 is 1.27. The first-order chi connectivity index (χ1) is 18.4. The first kappa shape index (κ1) is 25.3. The van der Waals surface area contributed by atoms with Crippen molar-refractivity contribution in [2.75, 3.05) is 25.2 Å². The van der Waals surface area contributed by atoms with Gasteiger partial charge in [-0.1, -0.05) is 23.5 Å². The number of Topliss-reactive ketones (excluding diaryl/α,β-unsaturated/α-hetero) is 1. The average Bonchev–Trinajstić information content (AvgIpc) is 3.47. The highest BCUT2D eigenvalue weighted by molar-refractivity contribution is 7.22. The van der Waals surface area contributed by atoms with E-state index >= 15 is 0 Å². The second-order valence-corrected chi connectivity index (χ2v) is 9.47. The molecule has 38 heavy (non-hydrogen) atoms. The van der Waals surface area contributed by atoms with Gasteiger partial charge in [0.1, 0.15) is 23.0 Å². The van der Waals surface area contributed by atoms with E-state index in [9.17, 15) is 14.7 Å². The molecule has 1 saturated heterocycles. The molecule has 0 saturated carbocycles. The fourth-order valence-electron chi connectivity index (χ4n) is 4.41. The van der Waals surface area contributed by atoms with E-state index in [0.29, 0.717) is 52.2 Å². The number of aliphatic hydroxyl groups is 1. The van der Waals surface area contributed by atoms with Crippen LogP contribution in [0.5, 0.6) is 17.2 Å². The molecule has 0 spiro atoms. The summed E-state index contributed by atoms with van der Waals surface area (Å²) in [6.07, 6.45) is 0. The zero-order valence-electron chi connectivity index (χ0n) is 21.1. The Kier molecular flexibility index (Phi) is 7.02. The number of thiazole rings is 1. The van der Waals surface area contributed by atoms with Gasteiger partial charge in [0.05, 0.1) is 42.2 Å². The lowest BCUT2D eigenvalue weighted by molar-refractivity contribution is -0.132. The SMILES string of the molecule is CCOc1ccc(/C(O)=C2\C(=O)C(=O)N(c3nc4ccc(OC)cc4s3)[C@H]2c2ccc(OCC)cc2)cc1. The van der Waals surface area contributed by atoms with Gasteiger partial charge in [-0.2, -0.15) is 0 Å². The molecule has 0 radical (unpaired) electrons. The van der Waals surface area contributed by atoms with Gasteiger partial charge in [0.15, 0.2) is 5.13 Å². The predicted octanol–water partition coefficient (Wildman–Crippen LogP) is 5.73. The topological polar surface area (TPSA) is 98.2 Å². The van der Waals surface area contributed by atoms with Crippen LogP contribution in [0, 0.1) is 0 Å². The predicted molar refractivity (Wildman–Crippen MR) is 146 cm³/mol. The van der Waals surface area contributed by atoms with E-state index in [1.807, 2.05) is 19.9 Å². The van der Waals surface area contributed by atoms with Crippen LogP contribution in [0.4, 0.5) is 5.13 Å². The van der Waals surface area contributed by atoms with Crippen LogP contribution in [0.3, 0.4) is 0 Å². The molecule has 1 aromatic heterocycles. The molecule has 3 aromatic carbocycles. The van der Waals surface area contributed by atoms with Crippen LogP contribution in [-0.4, -0.2) is 42.1 Å². The van der Waals surface area contributed by atoms with Crippen LogP contribution in [0.15, 0.2) is 72.3 Å². The number of nitrogens with zero attached hydrogens (tertiary/aromatic N) is 2. The molecule has 9 heteroatoms. The monoisotopic (exact) mass is 530 g/mol. The number of benzene rings is 3. The van der Waals surface area contributed by atoms with Crippen molar-refractivity contribution in [3.05, 3.63) is 83.4 Å². The van der Waals surface area contributed by atoms with E-state index in [2.05, 4.69) is 4.98 Å². The average molecular weight is 531 g/mol. The quantitative estimate of drug-likeness (QED) is 0.177. The molecule has 1 fully saturated rings. The smallest absolute Gasteiger partial charge is 0.301 e. The Morgan fingerprint density at radius 2 is 1.53 bits per heavy atom. The van der Waals surface area contributed by atoms with E-state index in [-0.39, 0.29) is 11.3 Å². The van der Waals surface area contributed by atoms with Crippen LogP contribution in [0.25, 0.3) is 16.0 Å². The molecule has 1 aliphatic heterocycles. The third-order valence-electron chi connectivity index (χ3n) is 6.18. The van der Waals surface area contributed by atoms with Crippen LogP contribution >= 0.6 is 11.3 Å². The minimum Gasteiger partial charge on any atom is -0.507 e. The number of rotatable bonds is 8. The van der Waals surface area contributed by atoms with Crippen molar-refractivity contribution >= 4 is 44.1 Å². The first-order valence-electron chi connectivity index (χ1n) is 12.2. The van der Waals surface area contributed by atoms with Gasteiger partial charge >= 0.3 is 5.91 Å². The number of ketones is 1. The number of aliphatic hydroxyl groups excluding tert-OH is 1. The van der Waals surface area contributed by atoms with Gasteiger partial charge in [-0.15, -0.1) is 0 Å². The minimum absolute atomic E-state index is 0.0137. The lowest BCUT2D eigenvalue weighted by atomic mass is 9.95. The van der Waals surface area contributed by atoms with Crippen LogP contribution in [-0.2, 0) is 9.59 Å². The van der Waals surface area contributed by atoms with E-state index in [1.54, 1.807) is 67.8 Å². The number of methoxy groups -OCH3 is 1. The maximum atomic E-state index is 13.5. The molecule has 194 valence electrons. The van der Waals surface area contributed by atoms with Crippen molar-refractivity contribution in [1.82, 2.24) is 4.98 Å². The van der Waals surface area contributed by atoms with E-state index < -0.39 is 17.7 Å². The van der Waals surface area contributed by atoms with E-state index in [0.717, 1.165) is 4.70 Å². The molecule has 4 aromatic rings. The number of fused-ring (bicyclic) bond motifs is 1. The van der Waals surface area contributed by atoms with Crippen molar-refractivity contribution in [1.29, 1.82) is 0 Å². The molecule has 5 rings (SSSR count). The zero-order chi connectivity index (χ0) is 26.8. The standard InChI is InChI=1S/C29H26N2O6S/c1-4-36-19-10-6-17(7-11-19)25-24(26(32)18-8-12-20(13-9-18)37-5-2)27(33)28(34)31(25)29-30-22-15-14-21(35-3)16-23(22)38-29/h6-16,25,32H,4-5H2,1-3H3/b26-24+/t25-/m0/s1. The molecular weight excluding hydrogens is 504 g/mol. The third kappa shape index (κ3) is 4.56. The first-order valence-corrected chi connectivity index (χ1v) is 13.0. The summed E-state index contributed by atoms with van der Waals surface area (Å²) in [6, 6.07) is 18.4. The minimum atomic E-state index is -0.889. The Hall–Kier alpha value is -4.37. The van der Waals surface area contributed by atoms with Gasteiger partial charge in [0, 0.05) is 5.56 Å². The maximum absolute atomic E-state index is 13.5. The molecule has 0 aliphatic carbocycles.